The number of anilines is 1. The summed E-state index contributed by atoms with van der Waals surface area (Å²) in [5.74, 6) is -0.163. The number of hydrogen-bond donors (Lipinski definition) is 3. The van der Waals surface area contributed by atoms with Crippen molar-refractivity contribution >= 4 is 18.1 Å². The van der Waals surface area contributed by atoms with Crippen LogP contribution in [0.5, 0.6) is 0 Å². The van der Waals surface area contributed by atoms with Gasteiger partial charge in [0.05, 0.1) is 6.04 Å². The number of benzene rings is 1. The number of hydrogen-bond acceptors (Lipinski definition) is 3. The van der Waals surface area contributed by atoms with Gasteiger partial charge in [-0.05, 0) is 26.0 Å². The van der Waals surface area contributed by atoms with Gasteiger partial charge in [-0.25, -0.2) is 0 Å². The molecule has 88 valence electrons. The van der Waals surface area contributed by atoms with E-state index in [4.69, 9.17) is 15.6 Å². The fraction of sp³-hybridized carbons (Fsp3) is 0.273. The monoisotopic (exact) mass is 224 g/mol. The van der Waals surface area contributed by atoms with Gasteiger partial charge < -0.3 is 16.2 Å². The number of carbonyl (C=O) groups excluding carboxylic acids is 1. The second kappa shape index (κ2) is 7.42. The summed E-state index contributed by atoms with van der Waals surface area (Å²) in [5.41, 5.74) is 7.35. The van der Waals surface area contributed by atoms with Crippen molar-refractivity contribution in [1.82, 2.24) is 0 Å². The third-order valence-corrected chi connectivity index (χ3v) is 1.73. The number of carboxylic acid groups (broad SMARTS) is 1. The van der Waals surface area contributed by atoms with Crippen molar-refractivity contribution in [3.8, 4) is 0 Å². The molecule has 0 fully saturated rings. The number of rotatable bonds is 2. The Kier molecular flexibility index (Phi) is 6.55. The number of amides is 1. The van der Waals surface area contributed by atoms with Crippen LogP contribution in [-0.2, 0) is 9.59 Å². The largest absolute Gasteiger partial charge is 0.483 e. The quantitative estimate of drug-likeness (QED) is 0.653. The van der Waals surface area contributed by atoms with Crippen LogP contribution in [0.25, 0.3) is 0 Å². The maximum Gasteiger partial charge on any atom is 0.290 e. The van der Waals surface area contributed by atoms with Gasteiger partial charge in [0.1, 0.15) is 0 Å². The van der Waals surface area contributed by atoms with Gasteiger partial charge in [0.15, 0.2) is 0 Å². The molecule has 0 bridgehead atoms. The lowest BCUT2D eigenvalue weighted by atomic mass is 10.2. The minimum atomic E-state index is -0.471. The molecule has 16 heavy (non-hydrogen) atoms. The molecule has 5 nitrogen and oxygen atoms in total. The topological polar surface area (TPSA) is 92.4 Å². The van der Waals surface area contributed by atoms with E-state index in [0.717, 1.165) is 5.69 Å². The van der Waals surface area contributed by atoms with E-state index in [9.17, 15) is 4.79 Å². The van der Waals surface area contributed by atoms with Gasteiger partial charge in [-0.2, -0.15) is 0 Å². The second-order valence-electron chi connectivity index (χ2n) is 3.25. The average molecular weight is 224 g/mol. The first-order valence-electron chi connectivity index (χ1n) is 4.72. The van der Waals surface area contributed by atoms with Crippen molar-refractivity contribution < 1.29 is 14.7 Å². The van der Waals surface area contributed by atoms with E-state index in [1.165, 1.54) is 5.56 Å². The lowest BCUT2D eigenvalue weighted by Gasteiger charge is -2.07. The smallest absolute Gasteiger partial charge is 0.290 e. The molecule has 1 unspecified atom stereocenters. The summed E-state index contributed by atoms with van der Waals surface area (Å²) in [6.07, 6.45) is 0. The molecule has 1 aromatic carbocycles. The molecule has 0 aliphatic rings. The Bertz CT molecular complexity index is 334. The summed E-state index contributed by atoms with van der Waals surface area (Å²) in [4.78, 5) is 19.5. The molecule has 0 aliphatic heterocycles. The van der Waals surface area contributed by atoms with E-state index in [1.807, 2.05) is 31.2 Å². The Labute approximate surface area is 94.3 Å². The number of carbonyl (C=O) groups is 2. The Morgan fingerprint density at radius 1 is 1.44 bits per heavy atom. The number of nitrogens with two attached hydrogens (primary N) is 1. The summed E-state index contributed by atoms with van der Waals surface area (Å²) >= 11 is 0. The van der Waals surface area contributed by atoms with Gasteiger partial charge in [0.2, 0.25) is 5.91 Å². The molecule has 4 N–H and O–H groups in total. The summed E-state index contributed by atoms with van der Waals surface area (Å²) in [7, 11) is 0. The zero-order valence-electron chi connectivity index (χ0n) is 9.31. The van der Waals surface area contributed by atoms with Crippen LogP contribution in [0, 0.1) is 6.92 Å². The van der Waals surface area contributed by atoms with Gasteiger partial charge in [0.25, 0.3) is 6.47 Å². The third-order valence-electron chi connectivity index (χ3n) is 1.73. The van der Waals surface area contributed by atoms with Crippen LogP contribution in [0.15, 0.2) is 24.3 Å². The highest BCUT2D eigenvalue weighted by molar-refractivity contribution is 5.94. The Hall–Kier alpha value is -1.88. The van der Waals surface area contributed by atoms with Crippen molar-refractivity contribution in [2.24, 2.45) is 5.73 Å². The second-order valence-corrected chi connectivity index (χ2v) is 3.25. The molecular weight excluding hydrogens is 208 g/mol. The normalized spacial score (nSPS) is 10.7. The van der Waals surface area contributed by atoms with Crippen molar-refractivity contribution in [2.45, 2.75) is 19.9 Å². The molecule has 1 amide bonds. The Balaban J connectivity index is 0.000000673. The predicted octanol–water partition coefficient (Wildman–Crippen LogP) is 0.982. The average Bonchev–Trinajstić information content (AvgIpc) is 2.22. The summed E-state index contributed by atoms with van der Waals surface area (Å²) in [6, 6.07) is 7.13. The van der Waals surface area contributed by atoms with Gasteiger partial charge >= 0.3 is 0 Å². The fourth-order valence-corrected chi connectivity index (χ4v) is 0.893. The van der Waals surface area contributed by atoms with Gasteiger partial charge in [-0.3, -0.25) is 9.59 Å². The van der Waals surface area contributed by atoms with Gasteiger partial charge in [-0.1, -0.05) is 17.7 Å². The number of aryl methyl sites for hydroxylation is 1. The lowest BCUT2D eigenvalue weighted by Crippen LogP contribution is -2.32. The zero-order chi connectivity index (χ0) is 12.6. The van der Waals surface area contributed by atoms with Crippen LogP contribution in [0.3, 0.4) is 0 Å². The predicted molar refractivity (Wildman–Crippen MR) is 62.2 cm³/mol. The van der Waals surface area contributed by atoms with Crippen LogP contribution in [-0.4, -0.2) is 23.5 Å². The first kappa shape index (κ1) is 14.1. The fourth-order valence-electron chi connectivity index (χ4n) is 0.893. The van der Waals surface area contributed by atoms with E-state index >= 15 is 0 Å². The van der Waals surface area contributed by atoms with Crippen molar-refractivity contribution in [3.63, 3.8) is 0 Å². The lowest BCUT2D eigenvalue weighted by molar-refractivity contribution is -0.123. The molecule has 0 radical (unpaired) electrons. The van der Waals surface area contributed by atoms with E-state index < -0.39 is 6.04 Å². The summed E-state index contributed by atoms with van der Waals surface area (Å²) in [5, 5.41) is 9.59. The van der Waals surface area contributed by atoms with Crippen LogP contribution < -0.4 is 11.1 Å². The maximum atomic E-state index is 11.2. The van der Waals surface area contributed by atoms with Gasteiger partial charge in [0, 0.05) is 5.69 Å². The molecule has 0 aromatic heterocycles. The van der Waals surface area contributed by atoms with Crippen molar-refractivity contribution in [3.05, 3.63) is 29.8 Å². The molecule has 1 atom stereocenters. The van der Waals surface area contributed by atoms with Crippen molar-refractivity contribution in [1.29, 1.82) is 0 Å². The summed E-state index contributed by atoms with van der Waals surface area (Å²) < 4.78 is 0. The molecule has 0 heterocycles. The molecular formula is C11H16N2O3. The molecule has 5 heteroatoms. The highest BCUT2D eigenvalue weighted by atomic mass is 16.3. The molecule has 0 saturated carbocycles. The minimum absolute atomic E-state index is 0.163. The van der Waals surface area contributed by atoms with Crippen LogP contribution >= 0.6 is 0 Å². The van der Waals surface area contributed by atoms with E-state index in [1.54, 1.807) is 6.92 Å². The SMILES string of the molecule is Cc1ccc(NC(=O)C(C)N)cc1.O=CO. The molecule has 0 aliphatic carbocycles. The van der Waals surface area contributed by atoms with E-state index in [0.29, 0.717) is 0 Å². The highest BCUT2D eigenvalue weighted by Gasteiger charge is 2.06. The molecule has 1 aromatic rings. The number of nitrogens with one attached hydrogen (secondary N) is 1. The standard InChI is InChI=1S/C10H14N2O.CH2O2/c1-7-3-5-9(6-4-7)12-10(13)8(2)11;2-1-3/h3-6,8H,11H2,1-2H3,(H,12,13);1H,(H,2,3). The van der Waals surface area contributed by atoms with Crippen LogP contribution in [0.4, 0.5) is 5.69 Å². The molecule has 0 spiro atoms. The van der Waals surface area contributed by atoms with Crippen LogP contribution in [0.1, 0.15) is 12.5 Å². The van der Waals surface area contributed by atoms with Crippen molar-refractivity contribution in [2.75, 3.05) is 5.32 Å². The third kappa shape index (κ3) is 5.77. The van der Waals surface area contributed by atoms with E-state index in [2.05, 4.69) is 5.32 Å². The molecule has 0 saturated heterocycles. The van der Waals surface area contributed by atoms with E-state index in [-0.39, 0.29) is 12.4 Å². The zero-order valence-corrected chi connectivity index (χ0v) is 9.31. The van der Waals surface area contributed by atoms with Gasteiger partial charge in [-0.15, -0.1) is 0 Å². The highest BCUT2D eigenvalue weighted by Crippen LogP contribution is 2.08. The molecule has 1 rings (SSSR count). The minimum Gasteiger partial charge on any atom is -0.483 e. The summed E-state index contributed by atoms with van der Waals surface area (Å²) in [6.45, 7) is 3.40. The Morgan fingerprint density at radius 3 is 2.25 bits per heavy atom. The van der Waals surface area contributed by atoms with Crippen LogP contribution in [0.2, 0.25) is 0 Å². The first-order chi connectivity index (χ1) is 7.51. The Morgan fingerprint density at radius 2 is 1.88 bits per heavy atom. The maximum absolute atomic E-state index is 11.2. The first-order valence-corrected chi connectivity index (χ1v) is 4.72.